The summed E-state index contributed by atoms with van der Waals surface area (Å²) in [6, 6.07) is 11.8. The molecule has 1 N–H and O–H groups in total. The first-order valence-corrected chi connectivity index (χ1v) is 10.0. The van der Waals surface area contributed by atoms with E-state index in [0.717, 1.165) is 31.0 Å². The summed E-state index contributed by atoms with van der Waals surface area (Å²) in [7, 11) is 1.64. The monoisotopic (exact) mass is 377 g/mol. The van der Waals surface area contributed by atoms with Gasteiger partial charge in [0.05, 0.1) is 7.11 Å². The Morgan fingerprint density at radius 3 is 2.35 bits per heavy atom. The van der Waals surface area contributed by atoms with Crippen LogP contribution in [0.4, 0.5) is 0 Å². The smallest absolute Gasteiger partial charge is 0.119 e. The van der Waals surface area contributed by atoms with Crippen LogP contribution >= 0.6 is 11.3 Å². The van der Waals surface area contributed by atoms with Gasteiger partial charge in [0.2, 0.25) is 0 Å². The quantitative estimate of drug-likeness (QED) is 0.632. The van der Waals surface area contributed by atoms with Gasteiger partial charge >= 0.3 is 0 Å². The van der Waals surface area contributed by atoms with Gasteiger partial charge in [-0.2, -0.15) is 0 Å². The van der Waals surface area contributed by atoms with Gasteiger partial charge in [0.15, 0.2) is 0 Å². The highest BCUT2D eigenvalue weighted by Crippen LogP contribution is 2.19. The fourth-order valence-electron chi connectivity index (χ4n) is 2.68. The van der Waals surface area contributed by atoms with Crippen LogP contribution in [0, 0.1) is 12.8 Å². The molecule has 26 heavy (non-hydrogen) atoms. The van der Waals surface area contributed by atoms with Crippen LogP contribution in [0.5, 0.6) is 11.5 Å². The molecule has 1 heterocycles. The molecule has 0 radical (unpaired) electrons. The molecule has 2 aromatic rings. The fourth-order valence-corrected chi connectivity index (χ4v) is 3.61. The molecule has 0 aliphatic heterocycles. The highest BCUT2D eigenvalue weighted by molar-refractivity contribution is 7.11. The highest BCUT2D eigenvalue weighted by Gasteiger charge is 2.14. The SMILES string of the molecule is COc1ccc(OC[C@@H](O)CN(CCC(C)C)Cc2ccc(C)s2)cc1. The largest absolute Gasteiger partial charge is 0.497 e. The van der Waals surface area contributed by atoms with Crippen LogP contribution in [0.15, 0.2) is 36.4 Å². The second-order valence-corrected chi connectivity index (χ2v) is 8.44. The van der Waals surface area contributed by atoms with Crippen molar-refractivity contribution in [1.29, 1.82) is 0 Å². The molecule has 0 saturated carbocycles. The van der Waals surface area contributed by atoms with Gasteiger partial charge in [-0.25, -0.2) is 0 Å². The van der Waals surface area contributed by atoms with E-state index in [0.29, 0.717) is 12.5 Å². The van der Waals surface area contributed by atoms with Crippen LogP contribution in [0.2, 0.25) is 0 Å². The lowest BCUT2D eigenvalue weighted by Gasteiger charge is -2.25. The van der Waals surface area contributed by atoms with Crippen molar-refractivity contribution in [2.75, 3.05) is 26.8 Å². The molecular formula is C21H31NO3S. The van der Waals surface area contributed by atoms with Crippen LogP contribution in [-0.2, 0) is 6.54 Å². The normalized spacial score (nSPS) is 12.6. The summed E-state index contributed by atoms with van der Waals surface area (Å²) in [6.45, 7) is 9.35. The van der Waals surface area contributed by atoms with Crippen molar-refractivity contribution in [3.8, 4) is 11.5 Å². The number of hydrogen-bond acceptors (Lipinski definition) is 5. The van der Waals surface area contributed by atoms with E-state index in [4.69, 9.17) is 9.47 Å². The Hall–Kier alpha value is -1.56. The van der Waals surface area contributed by atoms with Gasteiger partial charge in [0, 0.05) is 22.8 Å². The zero-order valence-electron chi connectivity index (χ0n) is 16.3. The number of aliphatic hydroxyl groups is 1. The lowest BCUT2D eigenvalue weighted by molar-refractivity contribution is 0.0642. The summed E-state index contributed by atoms with van der Waals surface area (Å²) >= 11 is 1.82. The zero-order valence-corrected chi connectivity index (χ0v) is 17.1. The average Bonchev–Trinajstić information content (AvgIpc) is 3.03. The number of benzene rings is 1. The molecule has 0 fully saturated rings. The van der Waals surface area contributed by atoms with E-state index < -0.39 is 6.10 Å². The number of nitrogens with zero attached hydrogens (tertiary/aromatic N) is 1. The third-order valence-electron chi connectivity index (χ3n) is 4.17. The summed E-state index contributed by atoms with van der Waals surface area (Å²) in [5, 5.41) is 10.4. The maximum Gasteiger partial charge on any atom is 0.119 e. The lowest BCUT2D eigenvalue weighted by atomic mass is 10.1. The van der Waals surface area contributed by atoms with Crippen LogP contribution in [-0.4, -0.2) is 42.9 Å². The van der Waals surface area contributed by atoms with Crippen LogP contribution in [0.25, 0.3) is 0 Å². The number of rotatable bonds is 11. The predicted molar refractivity (Wildman–Crippen MR) is 108 cm³/mol. The van der Waals surface area contributed by atoms with E-state index in [1.807, 2.05) is 35.6 Å². The van der Waals surface area contributed by atoms with Crippen molar-refractivity contribution >= 4 is 11.3 Å². The van der Waals surface area contributed by atoms with E-state index in [2.05, 4.69) is 37.8 Å². The Balaban J connectivity index is 1.85. The number of methoxy groups -OCH3 is 1. The summed E-state index contributed by atoms with van der Waals surface area (Å²) in [6.07, 6.45) is 0.599. The zero-order chi connectivity index (χ0) is 18.9. The minimum atomic E-state index is -0.523. The molecule has 1 aromatic heterocycles. The van der Waals surface area contributed by atoms with Gasteiger partial charge in [-0.3, -0.25) is 4.90 Å². The van der Waals surface area contributed by atoms with Gasteiger partial charge in [-0.1, -0.05) is 13.8 Å². The van der Waals surface area contributed by atoms with E-state index >= 15 is 0 Å². The van der Waals surface area contributed by atoms with Crippen molar-refractivity contribution in [1.82, 2.24) is 4.90 Å². The number of thiophene rings is 1. The summed E-state index contributed by atoms with van der Waals surface area (Å²) < 4.78 is 10.9. The van der Waals surface area contributed by atoms with Crippen molar-refractivity contribution in [3.05, 3.63) is 46.2 Å². The van der Waals surface area contributed by atoms with Gasteiger partial charge in [0.1, 0.15) is 24.2 Å². The van der Waals surface area contributed by atoms with Gasteiger partial charge < -0.3 is 14.6 Å². The van der Waals surface area contributed by atoms with Gasteiger partial charge in [-0.15, -0.1) is 11.3 Å². The molecule has 0 amide bonds. The molecule has 144 valence electrons. The highest BCUT2D eigenvalue weighted by atomic mass is 32.1. The van der Waals surface area contributed by atoms with E-state index in [1.54, 1.807) is 7.11 Å². The molecular weight excluding hydrogens is 346 g/mol. The number of aryl methyl sites for hydroxylation is 1. The Bertz CT molecular complexity index is 639. The number of hydrogen-bond donors (Lipinski definition) is 1. The van der Waals surface area contributed by atoms with Crippen molar-refractivity contribution in [3.63, 3.8) is 0 Å². The second-order valence-electron chi connectivity index (χ2n) is 7.07. The first-order chi connectivity index (χ1) is 12.5. The molecule has 0 unspecified atom stereocenters. The van der Waals surface area contributed by atoms with Gasteiger partial charge in [-0.05, 0) is 62.2 Å². The molecule has 0 aliphatic rings. The maximum atomic E-state index is 10.4. The van der Waals surface area contributed by atoms with Crippen LogP contribution in [0.3, 0.4) is 0 Å². The topological polar surface area (TPSA) is 41.9 Å². The van der Waals surface area contributed by atoms with Crippen LogP contribution < -0.4 is 9.47 Å². The first-order valence-electron chi connectivity index (χ1n) is 9.19. The predicted octanol–water partition coefficient (Wildman–Crippen LogP) is 4.35. The Kier molecular flexibility index (Phi) is 8.42. The molecule has 0 bridgehead atoms. The van der Waals surface area contributed by atoms with E-state index in [9.17, 15) is 5.11 Å². The molecule has 1 atom stereocenters. The van der Waals surface area contributed by atoms with Crippen LogP contribution in [0.1, 0.15) is 30.0 Å². The fraction of sp³-hybridized carbons (Fsp3) is 0.524. The minimum absolute atomic E-state index is 0.286. The van der Waals surface area contributed by atoms with E-state index in [1.165, 1.54) is 9.75 Å². The molecule has 4 nitrogen and oxygen atoms in total. The first kappa shape index (κ1) is 20.7. The third kappa shape index (κ3) is 7.36. The number of aliphatic hydroxyl groups excluding tert-OH is 1. The Morgan fingerprint density at radius 2 is 1.77 bits per heavy atom. The Labute approximate surface area is 161 Å². The summed E-state index contributed by atoms with van der Waals surface area (Å²) in [5.74, 6) is 2.19. The third-order valence-corrected chi connectivity index (χ3v) is 5.15. The molecule has 1 aromatic carbocycles. The molecule has 5 heteroatoms. The molecule has 0 spiro atoms. The van der Waals surface area contributed by atoms with E-state index in [-0.39, 0.29) is 6.61 Å². The van der Waals surface area contributed by atoms with Crippen molar-refractivity contribution in [2.45, 2.75) is 39.8 Å². The molecule has 0 aliphatic carbocycles. The molecule has 2 rings (SSSR count). The standard InChI is InChI=1S/C21H31NO3S/c1-16(2)11-12-22(14-21-10-5-17(3)26-21)13-18(23)15-25-20-8-6-19(24-4)7-9-20/h5-10,16,18,23H,11-15H2,1-4H3/t18-/m0/s1. The minimum Gasteiger partial charge on any atom is -0.497 e. The maximum absolute atomic E-state index is 10.4. The van der Waals surface area contributed by atoms with Gasteiger partial charge in [0.25, 0.3) is 0 Å². The summed E-state index contributed by atoms with van der Waals surface area (Å²) in [4.78, 5) is 4.99. The second kappa shape index (κ2) is 10.6. The average molecular weight is 378 g/mol. The molecule has 0 saturated heterocycles. The summed E-state index contributed by atoms with van der Waals surface area (Å²) in [5.41, 5.74) is 0. The Morgan fingerprint density at radius 1 is 1.08 bits per heavy atom. The number of ether oxygens (including phenoxy) is 2. The van der Waals surface area contributed by atoms with Crippen molar-refractivity contribution < 1.29 is 14.6 Å². The lowest BCUT2D eigenvalue weighted by Crippen LogP contribution is -2.36. The van der Waals surface area contributed by atoms with Crippen molar-refractivity contribution in [2.24, 2.45) is 5.92 Å².